The van der Waals surface area contributed by atoms with Crippen molar-refractivity contribution in [1.82, 2.24) is 0 Å². The zero-order valence-corrected chi connectivity index (χ0v) is 12.4. The zero-order valence-electron chi connectivity index (χ0n) is 12.4. The molecule has 1 saturated heterocycles. The lowest BCUT2D eigenvalue weighted by Crippen LogP contribution is -2.32. The number of rotatable bonds is 2. The number of aryl methyl sites for hydroxylation is 2. The average Bonchev–Trinajstić information content (AvgIpc) is 2.51. The molecule has 106 valence electrons. The van der Waals surface area contributed by atoms with Gasteiger partial charge in [0.05, 0.1) is 12.2 Å². The Morgan fingerprint density at radius 1 is 1.16 bits per heavy atom. The Labute approximate surface area is 115 Å². The Morgan fingerprint density at radius 3 is 2.26 bits per heavy atom. The molecule has 19 heavy (non-hydrogen) atoms. The van der Waals surface area contributed by atoms with Gasteiger partial charge < -0.3 is 10.5 Å². The van der Waals surface area contributed by atoms with Gasteiger partial charge in [-0.1, -0.05) is 13.0 Å². The summed E-state index contributed by atoms with van der Waals surface area (Å²) in [5, 5.41) is 0. The molecule has 2 nitrogen and oxygen atoms in total. The van der Waals surface area contributed by atoms with Gasteiger partial charge >= 0.3 is 0 Å². The molecule has 2 rings (SSSR count). The molecule has 2 N–H and O–H groups in total. The summed E-state index contributed by atoms with van der Waals surface area (Å²) in [5.74, 6) is 0.306. The maximum Gasteiger partial charge on any atom is 0.128 e. The summed E-state index contributed by atoms with van der Waals surface area (Å²) in [6.45, 7) is 10.1. The number of hydrogen-bond acceptors (Lipinski definition) is 2. The first-order chi connectivity index (χ1) is 8.82. The third-order valence-electron chi connectivity index (χ3n) is 4.55. The fourth-order valence-corrected chi connectivity index (χ4v) is 3.45. The molecule has 0 amide bonds. The van der Waals surface area contributed by atoms with Gasteiger partial charge in [-0.25, -0.2) is 4.39 Å². The summed E-state index contributed by atoms with van der Waals surface area (Å²) in [6.07, 6.45) is 0.250. The normalized spacial score (nSPS) is 32.6. The van der Waals surface area contributed by atoms with E-state index in [4.69, 9.17) is 10.5 Å². The Bertz CT molecular complexity index is 451. The molecule has 1 fully saturated rings. The van der Waals surface area contributed by atoms with Crippen LogP contribution in [0.25, 0.3) is 0 Å². The lowest BCUT2D eigenvalue weighted by Gasteiger charge is -2.27. The van der Waals surface area contributed by atoms with E-state index in [1.165, 1.54) is 0 Å². The summed E-state index contributed by atoms with van der Waals surface area (Å²) >= 11 is 0. The van der Waals surface area contributed by atoms with Gasteiger partial charge in [-0.3, -0.25) is 0 Å². The van der Waals surface area contributed by atoms with E-state index in [9.17, 15) is 4.39 Å². The zero-order chi connectivity index (χ0) is 14.3. The first-order valence-electron chi connectivity index (χ1n) is 7.00. The van der Waals surface area contributed by atoms with Crippen molar-refractivity contribution in [2.45, 2.75) is 52.9 Å². The van der Waals surface area contributed by atoms with Crippen molar-refractivity contribution in [3.05, 3.63) is 34.6 Å². The minimum atomic E-state index is -0.310. The highest BCUT2D eigenvalue weighted by atomic mass is 19.1. The molecule has 0 bridgehead atoms. The van der Waals surface area contributed by atoms with Gasteiger partial charge in [-0.05, 0) is 50.8 Å². The van der Waals surface area contributed by atoms with E-state index in [1.807, 2.05) is 26.8 Å². The third kappa shape index (κ3) is 2.54. The van der Waals surface area contributed by atoms with Crippen LogP contribution in [0.2, 0.25) is 0 Å². The minimum absolute atomic E-state index is 0.0695. The summed E-state index contributed by atoms with van der Waals surface area (Å²) < 4.78 is 20.1. The number of benzene rings is 1. The van der Waals surface area contributed by atoms with Crippen LogP contribution < -0.4 is 5.73 Å². The van der Waals surface area contributed by atoms with Crippen LogP contribution in [-0.4, -0.2) is 12.2 Å². The van der Waals surface area contributed by atoms with Gasteiger partial charge in [-0.15, -0.1) is 0 Å². The molecule has 1 aliphatic heterocycles. The molecule has 5 unspecified atom stereocenters. The monoisotopic (exact) mass is 265 g/mol. The van der Waals surface area contributed by atoms with Crippen LogP contribution >= 0.6 is 0 Å². The predicted octanol–water partition coefficient (Wildman–Crippen LogP) is 3.50. The molecule has 0 saturated carbocycles. The molecule has 0 aliphatic carbocycles. The summed E-state index contributed by atoms with van der Waals surface area (Å²) in [4.78, 5) is 0. The van der Waals surface area contributed by atoms with Crippen molar-refractivity contribution >= 4 is 0 Å². The Hall–Kier alpha value is -0.930. The average molecular weight is 265 g/mol. The number of ether oxygens (including phenoxy) is 1. The largest absolute Gasteiger partial charge is 0.375 e. The number of hydrogen-bond donors (Lipinski definition) is 1. The van der Waals surface area contributed by atoms with Crippen LogP contribution in [0, 0.1) is 31.5 Å². The molecule has 5 atom stereocenters. The maximum absolute atomic E-state index is 14.2. The van der Waals surface area contributed by atoms with Crippen molar-refractivity contribution in [3.8, 4) is 0 Å². The first-order valence-corrected chi connectivity index (χ1v) is 7.00. The Kier molecular flexibility index (Phi) is 3.98. The lowest BCUT2D eigenvalue weighted by molar-refractivity contribution is 0.0488. The predicted molar refractivity (Wildman–Crippen MR) is 75.5 cm³/mol. The molecule has 3 heteroatoms. The third-order valence-corrected chi connectivity index (χ3v) is 4.55. The number of nitrogens with two attached hydrogens (primary N) is 1. The van der Waals surface area contributed by atoms with Gasteiger partial charge in [0.1, 0.15) is 5.82 Å². The molecule has 0 radical (unpaired) electrons. The van der Waals surface area contributed by atoms with Gasteiger partial charge in [0.25, 0.3) is 0 Å². The van der Waals surface area contributed by atoms with Crippen LogP contribution in [0.1, 0.15) is 43.5 Å². The highest BCUT2D eigenvalue weighted by molar-refractivity contribution is 5.35. The molecular weight excluding hydrogens is 241 g/mol. The summed E-state index contributed by atoms with van der Waals surface area (Å²) in [6, 6.07) is 3.25. The summed E-state index contributed by atoms with van der Waals surface area (Å²) in [5.41, 5.74) is 8.89. The lowest BCUT2D eigenvalue weighted by atomic mass is 9.79. The van der Waals surface area contributed by atoms with E-state index < -0.39 is 0 Å². The molecule has 0 spiro atoms. The van der Waals surface area contributed by atoms with Crippen molar-refractivity contribution in [2.75, 3.05) is 0 Å². The molecule has 1 aromatic carbocycles. The standard InChI is InChI=1S/C16H24FNO/c1-8-6-9(2)14(13(17)7-8)16(18)15-10(3)11(4)19-12(15)5/h6-7,10-12,15-16H,18H2,1-5H3. The smallest absolute Gasteiger partial charge is 0.128 e. The fourth-order valence-electron chi connectivity index (χ4n) is 3.45. The van der Waals surface area contributed by atoms with Crippen molar-refractivity contribution < 1.29 is 9.13 Å². The van der Waals surface area contributed by atoms with Gasteiger partial charge in [0, 0.05) is 17.5 Å². The molecule has 1 aliphatic rings. The maximum atomic E-state index is 14.2. The van der Waals surface area contributed by atoms with Crippen LogP contribution in [0.15, 0.2) is 12.1 Å². The van der Waals surface area contributed by atoms with E-state index in [1.54, 1.807) is 6.07 Å². The van der Waals surface area contributed by atoms with Crippen molar-refractivity contribution in [3.63, 3.8) is 0 Å². The topological polar surface area (TPSA) is 35.2 Å². The minimum Gasteiger partial charge on any atom is -0.375 e. The van der Waals surface area contributed by atoms with E-state index in [2.05, 4.69) is 13.8 Å². The van der Waals surface area contributed by atoms with Crippen LogP contribution in [0.3, 0.4) is 0 Å². The van der Waals surface area contributed by atoms with Gasteiger partial charge in [0.15, 0.2) is 0 Å². The van der Waals surface area contributed by atoms with Crippen molar-refractivity contribution in [1.29, 1.82) is 0 Å². The second kappa shape index (κ2) is 5.22. The molecule has 1 heterocycles. The Balaban J connectivity index is 2.37. The van der Waals surface area contributed by atoms with Crippen LogP contribution in [0.4, 0.5) is 4.39 Å². The first kappa shape index (κ1) is 14.5. The van der Waals surface area contributed by atoms with Crippen LogP contribution in [-0.2, 0) is 4.74 Å². The van der Waals surface area contributed by atoms with Crippen molar-refractivity contribution in [2.24, 2.45) is 17.6 Å². The van der Waals surface area contributed by atoms with E-state index >= 15 is 0 Å². The Morgan fingerprint density at radius 2 is 1.79 bits per heavy atom. The number of halogens is 1. The second-order valence-corrected chi connectivity index (χ2v) is 5.99. The second-order valence-electron chi connectivity index (χ2n) is 5.99. The molecule has 0 aromatic heterocycles. The van der Waals surface area contributed by atoms with E-state index in [-0.39, 0.29) is 30.0 Å². The van der Waals surface area contributed by atoms with E-state index in [0.717, 1.165) is 11.1 Å². The fraction of sp³-hybridized carbons (Fsp3) is 0.625. The van der Waals surface area contributed by atoms with E-state index in [0.29, 0.717) is 11.5 Å². The van der Waals surface area contributed by atoms with Gasteiger partial charge in [0.2, 0.25) is 0 Å². The summed E-state index contributed by atoms with van der Waals surface area (Å²) in [7, 11) is 0. The van der Waals surface area contributed by atoms with Gasteiger partial charge in [-0.2, -0.15) is 0 Å². The van der Waals surface area contributed by atoms with Crippen LogP contribution in [0.5, 0.6) is 0 Å². The molecular formula is C16H24FNO. The molecule has 1 aromatic rings. The highest BCUT2D eigenvalue weighted by Crippen LogP contribution is 2.40. The SMILES string of the molecule is Cc1cc(C)c(C(N)C2C(C)OC(C)C2C)c(F)c1. The quantitative estimate of drug-likeness (QED) is 0.888. The highest BCUT2D eigenvalue weighted by Gasteiger charge is 2.41.